The van der Waals surface area contributed by atoms with Crippen LogP contribution in [0.5, 0.6) is 0 Å². The summed E-state index contributed by atoms with van der Waals surface area (Å²) in [4.78, 5) is 12.5. The van der Waals surface area contributed by atoms with Crippen molar-refractivity contribution in [1.29, 1.82) is 0 Å². The average molecular weight is 983 g/mol. The molecule has 4 nitrogen and oxygen atoms in total. The van der Waals surface area contributed by atoms with Crippen LogP contribution in [0.25, 0.3) is 0 Å². The predicted octanol–water partition coefficient (Wildman–Crippen LogP) is 21.6. The first-order valence-electron chi connectivity index (χ1n) is 32.2. The van der Waals surface area contributed by atoms with E-state index in [1.807, 2.05) is 6.08 Å². The van der Waals surface area contributed by atoms with Gasteiger partial charge >= 0.3 is 0 Å². The highest BCUT2D eigenvalue weighted by molar-refractivity contribution is 5.76. The number of hydrogen-bond acceptors (Lipinski definition) is 3. The molecule has 0 heterocycles. The lowest BCUT2D eigenvalue weighted by Crippen LogP contribution is -2.45. The molecule has 1 amide bonds. The molecule has 3 N–H and O–H groups in total. The standard InChI is InChI=1S/C66H127NO3/c1-3-5-7-9-11-13-15-17-19-21-23-25-27-29-30-31-32-33-34-35-36-38-39-41-43-45-47-49-51-53-55-57-59-61-65(69)64(63-68)67-66(70)62-60-58-56-54-52-50-48-46-44-42-40-37-28-26-24-22-20-18-16-14-12-10-8-6-4-2/h43,45,51,53,59,61,64-65,68-69H,3-42,44,46-50,52,54-58,60,62-63H2,1-2H3,(H,67,70)/b45-43+,53-51+,61-59+. The SMILES string of the molecule is CCCCCCCCCCCCCCCCCCCCCCCCC/C=C/CC/C=C/CC/C=C/C(O)C(CO)NC(=O)CCCCCCCCCCCCCCCCCCCCCCCCCCC. The molecule has 0 aromatic carbocycles. The molecule has 0 aromatic rings. The Hall–Kier alpha value is -1.39. The summed E-state index contributed by atoms with van der Waals surface area (Å²) < 4.78 is 0. The molecule has 0 radical (unpaired) electrons. The van der Waals surface area contributed by atoms with Crippen molar-refractivity contribution in [1.82, 2.24) is 5.32 Å². The zero-order valence-corrected chi connectivity index (χ0v) is 47.8. The maximum absolute atomic E-state index is 12.5. The molecule has 2 unspecified atom stereocenters. The van der Waals surface area contributed by atoms with E-state index in [-0.39, 0.29) is 12.5 Å². The van der Waals surface area contributed by atoms with Gasteiger partial charge in [0.05, 0.1) is 18.8 Å². The van der Waals surface area contributed by atoms with Gasteiger partial charge in [-0.1, -0.05) is 346 Å². The normalized spacial score (nSPS) is 12.9. The van der Waals surface area contributed by atoms with E-state index >= 15 is 0 Å². The monoisotopic (exact) mass is 982 g/mol. The van der Waals surface area contributed by atoms with E-state index in [1.54, 1.807) is 6.08 Å². The number of amides is 1. The van der Waals surface area contributed by atoms with Gasteiger partial charge in [-0.05, 0) is 44.9 Å². The quantitative estimate of drug-likeness (QED) is 0.0420. The number of carbonyl (C=O) groups is 1. The second-order valence-electron chi connectivity index (χ2n) is 22.2. The maximum Gasteiger partial charge on any atom is 0.220 e. The Balaban J connectivity index is 3.49. The zero-order chi connectivity index (χ0) is 50.6. The third-order valence-electron chi connectivity index (χ3n) is 15.1. The Kier molecular flexibility index (Phi) is 60.7. The van der Waals surface area contributed by atoms with Gasteiger partial charge in [0.2, 0.25) is 5.91 Å². The topological polar surface area (TPSA) is 69.6 Å². The first-order valence-corrected chi connectivity index (χ1v) is 32.2. The molecule has 0 aliphatic rings. The lowest BCUT2D eigenvalue weighted by Gasteiger charge is -2.19. The molecule has 0 spiro atoms. The van der Waals surface area contributed by atoms with Crippen molar-refractivity contribution >= 4 is 5.91 Å². The summed E-state index contributed by atoms with van der Waals surface area (Å²) in [6, 6.07) is -0.645. The molecule has 0 bridgehead atoms. The fraction of sp³-hybridized carbons (Fsp3) is 0.894. The van der Waals surface area contributed by atoms with Gasteiger partial charge < -0.3 is 15.5 Å². The summed E-state index contributed by atoms with van der Waals surface area (Å²) >= 11 is 0. The number of rotatable bonds is 60. The van der Waals surface area contributed by atoms with Gasteiger partial charge in [0, 0.05) is 6.42 Å². The highest BCUT2D eigenvalue weighted by Crippen LogP contribution is 2.18. The molecule has 414 valence electrons. The van der Waals surface area contributed by atoms with Crippen LogP contribution in [0.4, 0.5) is 0 Å². The van der Waals surface area contributed by atoms with Crippen LogP contribution in [0, 0.1) is 0 Å². The molecule has 0 fully saturated rings. The van der Waals surface area contributed by atoms with E-state index in [2.05, 4.69) is 43.5 Å². The Bertz CT molecular complexity index is 1070. The van der Waals surface area contributed by atoms with Gasteiger partial charge in [-0.15, -0.1) is 0 Å². The lowest BCUT2D eigenvalue weighted by atomic mass is 10.0. The summed E-state index contributed by atoms with van der Waals surface area (Å²) in [7, 11) is 0. The van der Waals surface area contributed by atoms with Crippen molar-refractivity contribution in [3.8, 4) is 0 Å². The fourth-order valence-corrected chi connectivity index (χ4v) is 10.2. The van der Waals surface area contributed by atoms with Crippen molar-refractivity contribution in [2.75, 3.05) is 6.61 Å². The first-order chi connectivity index (χ1) is 34.7. The van der Waals surface area contributed by atoms with Gasteiger partial charge in [0.15, 0.2) is 0 Å². The molecule has 0 saturated carbocycles. The molecule has 0 saturated heterocycles. The van der Waals surface area contributed by atoms with Gasteiger partial charge in [0.1, 0.15) is 0 Å². The van der Waals surface area contributed by atoms with Crippen molar-refractivity contribution in [3.05, 3.63) is 36.5 Å². The molecule has 0 aliphatic heterocycles. The van der Waals surface area contributed by atoms with E-state index in [0.29, 0.717) is 6.42 Å². The summed E-state index contributed by atoms with van der Waals surface area (Å²) in [6.07, 6.45) is 85.0. The largest absolute Gasteiger partial charge is 0.394 e. The number of hydrogen-bond donors (Lipinski definition) is 3. The minimum atomic E-state index is -0.870. The first kappa shape index (κ1) is 68.6. The molecular formula is C66H127NO3. The second kappa shape index (κ2) is 61.9. The third-order valence-corrected chi connectivity index (χ3v) is 15.1. The minimum absolute atomic E-state index is 0.0706. The van der Waals surface area contributed by atoms with E-state index < -0.39 is 12.1 Å². The van der Waals surface area contributed by atoms with Crippen LogP contribution in [0.2, 0.25) is 0 Å². The van der Waals surface area contributed by atoms with E-state index in [0.717, 1.165) is 38.5 Å². The Labute approximate surface area is 440 Å². The molecular weight excluding hydrogens is 855 g/mol. The van der Waals surface area contributed by atoms with Crippen LogP contribution in [-0.2, 0) is 4.79 Å². The summed E-state index contributed by atoms with van der Waals surface area (Å²) in [5, 5.41) is 23.2. The van der Waals surface area contributed by atoms with Crippen LogP contribution >= 0.6 is 0 Å². The Morgan fingerprint density at radius 2 is 0.557 bits per heavy atom. The van der Waals surface area contributed by atoms with Crippen molar-refractivity contribution in [3.63, 3.8) is 0 Å². The second-order valence-corrected chi connectivity index (χ2v) is 22.2. The predicted molar refractivity (Wildman–Crippen MR) is 313 cm³/mol. The Morgan fingerprint density at radius 3 is 0.829 bits per heavy atom. The average Bonchev–Trinajstić information content (AvgIpc) is 3.36. The lowest BCUT2D eigenvalue weighted by molar-refractivity contribution is -0.123. The van der Waals surface area contributed by atoms with E-state index in [9.17, 15) is 15.0 Å². The summed E-state index contributed by atoms with van der Waals surface area (Å²) in [5.74, 6) is -0.0706. The zero-order valence-electron chi connectivity index (χ0n) is 47.8. The summed E-state index contributed by atoms with van der Waals surface area (Å²) in [6.45, 7) is 4.34. The van der Waals surface area contributed by atoms with Crippen LogP contribution in [-0.4, -0.2) is 34.9 Å². The number of carbonyl (C=O) groups excluding carboxylic acids is 1. The Morgan fingerprint density at radius 1 is 0.329 bits per heavy atom. The molecule has 0 aliphatic carbocycles. The van der Waals surface area contributed by atoms with Crippen LogP contribution < -0.4 is 5.32 Å². The van der Waals surface area contributed by atoms with Crippen LogP contribution in [0.3, 0.4) is 0 Å². The third kappa shape index (κ3) is 57.5. The number of aliphatic hydroxyl groups excluding tert-OH is 2. The van der Waals surface area contributed by atoms with Crippen molar-refractivity contribution in [2.45, 2.75) is 373 Å². The van der Waals surface area contributed by atoms with Gasteiger partial charge in [-0.2, -0.15) is 0 Å². The summed E-state index contributed by atoms with van der Waals surface area (Å²) in [5.41, 5.74) is 0. The van der Waals surface area contributed by atoms with Gasteiger partial charge in [0.25, 0.3) is 0 Å². The maximum atomic E-state index is 12.5. The number of allylic oxidation sites excluding steroid dienone is 5. The van der Waals surface area contributed by atoms with Gasteiger partial charge in [-0.3, -0.25) is 4.79 Å². The van der Waals surface area contributed by atoms with Crippen LogP contribution in [0.1, 0.15) is 361 Å². The smallest absolute Gasteiger partial charge is 0.220 e. The molecule has 0 rings (SSSR count). The molecule has 0 aromatic heterocycles. The highest BCUT2D eigenvalue weighted by atomic mass is 16.3. The molecule has 2 atom stereocenters. The fourth-order valence-electron chi connectivity index (χ4n) is 10.2. The molecule has 70 heavy (non-hydrogen) atoms. The van der Waals surface area contributed by atoms with Gasteiger partial charge in [-0.25, -0.2) is 0 Å². The van der Waals surface area contributed by atoms with Crippen LogP contribution in [0.15, 0.2) is 36.5 Å². The number of nitrogens with one attached hydrogen (secondary N) is 1. The van der Waals surface area contributed by atoms with Crippen molar-refractivity contribution < 1.29 is 15.0 Å². The molecule has 4 heteroatoms. The van der Waals surface area contributed by atoms with Crippen molar-refractivity contribution in [2.24, 2.45) is 0 Å². The highest BCUT2D eigenvalue weighted by Gasteiger charge is 2.18. The van der Waals surface area contributed by atoms with E-state index in [1.165, 1.54) is 302 Å². The number of aliphatic hydroxyl groups is 2. The number of unbranched alkanes of at least 4 members (excludes halogenated alkanes) is 49. The minimum Gasteiger partial charge on any atom is -0.394 e. The van der Waals surface area contributed by atoms with E-state index in [4.69, 9.17) is 0 Å².